The van der Waals surface area contributed by atoms with Crippen LogP contribution in [0.5, 0.6) is 5.75 Å². The Morgan fingerprint density at radius 2 is 2.00 bits per heavy atom. The Hall–Kier alpha value is -1.96. The maximum absolute atomic E-state index is 13.2. The van der Waals surface area contributed by atoms with Gasteiger partial charge in [-0.1, -0.05) is 17.7 Å². The molecule has 0 bridgehead atoms. The average Bonchev–Trinajstić information content (AvgIpc) is 2.59. The molecule has 0 amide bonds. The molecule has 2 aromatic carbocycles. The number of halogens is 1. The molecule has 7 heteroatoms. The Morgan fingerprint density at radius 3 is 2.72 bits per heavy atom. The monoisotopic (exact) mass is 366 g/mol. The third-order valence-electron chi connectivity index (χ3n) is 4.13. The van der Waals surface area contributed by atoms with Crippen LogP contribution in [0.3, 0.4) is 0 Å². The van der Waals surface area contributed by atoms with Crippen molar-refractivity contribution in [2.75, 3.05) is 6.61 Å². The third kappa shape index (κ3) is 4.18. The van der Waals surface area contributed by atoms with Gasteiger partial charge in [-0.15, -0.1) is 0 Å². The van der Waals surface area contributed by atoms with Crippen molar-refractivity contribution in [3.63, 3.8) is 0 Å². The van der Waals surface area contributed by atoms with Gasteiger partial charge in [-0.2, -0.15) is 8.42 Å². The summed E-state index contributed by atoms with van der Waals surface area (Å²) in [6.45, 7) is 1.45. The normalized spacial score (nSPS) is 18.3. The third-order valence-corrected chi connectivity index (χ3v) is 5.43. The minimum atomic E-state index is -3.94. The Morgan fingerprint density at radius 1 is 1.28 bits per heavy atom. The summed E-state index contributed by atoms with van der Waals surface area (Å²) in [4.78, 5) is 0.0377. The molecule has 2 aromatic rings. The van der Waals surface area contributed by atoms with Crippen LogP contribution in [0.25, 0.3) is 0 Å². The zero-order valence-electron chi connectivity index (χ0n) is 13.7. The number of hydrogen-bond acceptors (Lipinski definition) is 5. The van der Waals surface area contributed by atoms with Gasteiger partial charge in [-0.25, -0.2) is 4.39 Å². The van der Waals surface area contributed by atoms with E-state index in [9.17, 15) is 17.9 Å². The smallest absolute Gasteiger partial charge is 0.297 e. The summed E-state index contributed by atoms with van der Waals surface area (Å²) in [5.41, 5.74) is 1.67. The van der Waals surface area contributed by atoms with Crippen LogP contribution >= 0.6 is 0 Å². The molecule has 1 N–H and O–H groups in total. The highest BCUT2D eigenvalue weighted by molar-refractivity contribution is 7.86. The average molecular weight is 366 g/mol. The molecule has 0 fully saturated rings. The molecule has 1 heterocycles. The van der Waals surface area contributed by atoms with Gasteiger partial charge in [-0.05, 0) is 55.7 Å². The molecule has 3 rings (SSSR count). The van der Waals surface area contributed by atoms with E-state index in [2.05, 4.69) is 0 Å². The number of aliphatic hydroxyl groups excluding tert-OH is 1. The van der Waals surface area contributed by atoms with Crippen LogP contribution in [0, 0.1) is 12.7 Å². The molecule has 0 saturated heterocycles. The second-order valence-corrected chi connectivity index (χ2v) is 7.68. The maximum atomic E-state index is 13.2. The standard InChI is InChI=1S/C18H19FO5S/c1-12-2-6-15(7-3-12)25(21,22)23-11-16(20)18-8-4-13-10-14(19)5-9-17(13)24-18/h2-3,5-7,9-10,16,18,20H,4,8,11H2,1H3/t16-,18-/m1/s1. The van der Waals surface area contributed by atoms with Gasteiger partial charge in [0.2, 0.25) is 0 Å². The number of aryl methyl sites for hydroxylation is 2. The van der Waals surface area contributed by atoms with Crippen LogP contribution in [0.15, 0.2) is 47.4 Å². The zero-order chi connectivity index (χ0) is 18.0. The highest BCUT2D eigenvalue weighted by Crippen LogP contribution is 2.29. The molecule has 0 aromatic heterocycles. The summed E-state index contributed by atoms with van der Waals surface area (Å²) in [5, 5.41) is 10.2. The minimum absolute atomic E-state index is 0.0377. The van der Waals surface area contributed by atoms with Crippen LogP contribution < -0.4 is 4.74 Å². The van der Waals surface area contributed by atoms with Gasteiger partial charge in [0.05, 0.1) is 11.5 Å². The first-order valence-electron chi connectivity index (χ1n) is 7.94. The van der Waals surface area contributed by atoms with Gasteiger partial charge in [-0.3, -0.25) is 4.18 Å². The van der Waals surface area contributed by atoms with Crippen molar-refractivity contribution >= 4 is 10.1 Å². The van der Waals surface area contributed by atoms with Gasteiger partial charge in [0.15, 0.2) is 0 Å². The molecule has 1 aliphatic rings. The topological polar surface area (TPSA) is 72.8 Å². The second-order valence-electron chi connectivity index (χ2n) is 6.07. The fourth-order valence-electron chi connectivity index (χ4n) is 2.69. The first kappa shape index (κ1) is 17.8. The number of benzene rings is 2. The summed E-state index contributed by atoms with van der Waals surface area (Å²) in [6, 6.07) is 10.5. The Balaban J connectivity index is 1.62. The van der Waals surface area contributed by atoms with E-state index in [4.69, 9.17) is 8.92 Å². The molecule has 25 heavy (non-hydrogen) atoms. The van der Waals surface area contributed by atoms with Crippen molar-refractivity contribution in [1.29, 1.82) is 0 Å². The van der Waals surface area contributed by atoms with Crippen LogP contribution in [-0.2, 0) is 20.7 Å². The van der Waals surface area contributed by atoms with E-state index in [0.29, 0.717) is 18.6 Å². The van der Waals surface area contributed by atoms with Gasteiger partial charge in [0.25, 0.3) is 10.1 Å². The minimum Gasteiger partial charge on any atom is -0.487 e. The van der Waals surface area contributed by atoms with Gasteiger partial charge < -0.3 is 9.84 Å². The van der Waals surface area contributed by atoms with E-state index in [1.54, 1.807) is 12.1 Å². The first-order valence-corrected chi connectivity index (χ1v) is 9.35. The Labute approximate surface area is 146 Å². The predicted octanol–water partition coefficient (Wildman–Crippen LogP) is 2.59. The molecule has 0 aliphatic carbocycles. The number of hydrogen-bond donors (Lipinski definition) is 1. The van der Waals surface area contributed by atoms with E-state index >= 15 is 0 Å². The van der Waals surface area contributed by atoms with E-state index in [0.717, 1.165) is 11.1 Å². The zero-order valence-corrected chi connectivity index (χ0v) is 14.5. The van der Waals surface area contributed by atoms with Crippen LogP contribution in [0.4, 0.5) is 4.39 Å². The molecule has 0 unspecified atom stereocenters. The maximum Gasteiger partial charge on any atom is 0.297 e. The molecule has 134 valence electrons. The summed E-state index contributed by atoms with van der Waals surface area (Å²) >= 11 is 0. The van der Waals surface area contributed by atoms with Crippen molar-refractivity contribution < 1.29 is 26.8 Å². The molecule has 0 saturated carbocycles. The summed E-state index contributed by atoms with van der Waals surface area (Å²) in [5.74, 6) is 0.159. The molecular weight excluding hydrogens is 347 g/mol. The highest BCUT2D eigenvalue weighted by Gasteiger charge is 2.28. The Bertz CT molecular complexity index is 848. The second kappa shape index (κ2) is 7.11. The van der Waals surface area contributed by atoms with Gasteiger partial charge >= 0.3 is 0 Å². The fraction of sp³-hybridized carbons (Fsp3) is 0.333. The first-order chi connectivity index (χ1) is 11.8. The molecule has 0 radical (unpaired) electrons. The Kier molecular flexibility index (Phi) is 5.08. The predicted molar refractivity (Wildman–Crippen MR) is 89.5 cm³/mol. The molecule has 0 spiro atoms. The van der Waals surface area contributed by atoms with E-state index in [-0.39, 0.29) is 10.7 Å². The van der Waals surface area contributed by atoms with E-state index < -0.39 is 28.9 Å². The van der Waals surface area contributed by atoms with Crippen molar-refractivity contribution in [3.05, 3.63) is 59.4 Å². The number of rotatable bonds is 5. The van der Waals surface area contributed by atoms with Gasteiger partial charge in [0.1, 0.15) is 23.8 Å². The van der Waals surface area contributed by atoms with E-state index in [1.807, 2.05) is 6.92 Å². The molecule has 2 atom stereocenters. The van der Waals surface area contributed by atoms with E-state index in [1.165, 1.54) is 30.3 Å². The summed E-state index contributed by atoms with van der Waals surface area (Å²) in [6.07, 6.45) is -0.727. The van der Waals surface area contributed by atoms with Crippen LogP contribution in [-0.4, -0.2) is 32.3 Å². The fourth-order valence-corrected chi connectivity index (χ4v) is 3.61. The van der Waals surface area contributed by atoms with Crippen molar-refractivity contribution in [2.24, 2.45) is 0 Å². The lowest BCUT2D eigenvalue weighted by atomic mass is 9.99. The lowest BCUT2D eigenvalue weighted by Crippen LogP contribution is -2.38. The lowest BCUT2D eigenvalue weighted by molar-refractivity contribution is -0.00207. The quantitative estimate of drug-likeness (QED) is 0.824. The largest absolute Gasteiger partial charge is 0.487 e. The SMILES string of the molecule is Cc1ccc(S(=O)(=O)OC[C@@H](O)[C@H]2CCc3cc(F)ccc3O2)cc1. The molecular formula is C18H19FO5S. The molecule has 1 aliphatic heterocycles. The number of fused-ring (bicyclic) bond motifs is 1. The van der Waals surface area contributed by atoms with Crippen molar-refractivity contribution in [3.8, 4) is 5.75 Å². The summed E-state index contributed by atoms with van der Waals surface area (Å²) < 4.78 is 48.1. The lowest BCUT2D eigenvalue weighted by Gasteiger charge is -2.29. The number of ether oxygens (including phenoxy) is 1. The van der Waals surface area contributed by atoms with Gasteiger partial charge in [0, 0.05) is 0 Å². The van der Waals surface area contributed by atoms with Crippen molar-refractivity contribution in [2.45, 2.75) is 36.9 Å². The molecule has 5 nitrogen and oxygen atoms in total. The number of aliphatic hydroxyl groups is 1. The van der Waals surface area contributed by atoms with Crippen LogP contribution in [0.2, 0.25) is 0 Å². The van der Waals surface area contributed by atoms with Crippen LogP contribution in [0.1, 0.15) is 17.5 Å². The van der Waals surface area contributed by atoms with Crippen molar-refractivity contribution in [1.82, 2.24) is 0 Å². The highest BCUT2D eigenvalue weighted by atomic mass is 32.2. The summed E-state index contributed by atoms with van der Waals surface area (Å²) in [7, 11) is -3.94.